The molecule has 0 bridgehead atoms. The largest absolute Gasteiger partial charge is 0.493 e. The van der Waals surface area contributed by atoms with Gasteiger partial charge in [0.25, 0.3) is 0 Å². The van der Waals surface area contributed by atoms with Crippen molar-refractivity contribution < 1.29 is 21.2 Å². The van der Waals surface area contributed by atoms with Crippen LogP contribution in [0.15, 0.2) is 59.7 Å². The molecule has 0 amide bonds. The van der Waals surface area contributed by atoms with Crippen molar-refractivity contribution in [2.24, 2.45) is 0 Å². The van der Waals surface area contributed by atoms with Crippen LogP contribution in [0.5, 0.6) is 0 Å². The Morgan fingerprint density at radius 3 is 0.641 bits per heavy atom. The first-order chi connectivity index (χ1) is 38.1. The molecule has 0 N–H and O–H groups in total. The molecule has 2 nitrogen and oxygen atoms in total. The predicted molar refractivity (Wildman–Crippen MR) is 345 cm³/mol. The third kappa shape index (κ3) is 35.8. The van der Waals surface area contributed by atoms with E-state index in [4.69, 9.17) is 0 Å². The van der Waals surface area contributed by atoms with E-state index in [9.17, 15) is 5.53 Å². The summed E-state index contributed by atoms with van der Waals surface area (Å²) in [5.41, 5.74) is 22.2. The van der Waals surface area contributed by atoms with Gasteiger partial charge >= 0.3 is 0 Å². The van der Waals surface area contributed by atoms with Crippen LogP contribution in [0.2, 0.25) is 0 Å². The molecule has 1 heterocycles. The van der Waals surface area contributed by atoms with Gasteiger partial charge in [-0.25, -0.2) is 4.70 Å². The van der Waals surface area contributed by atoms with Crippen LogP contribution in [0.1, 0.15) is 390 Å². The molecule has 0 spiro atoms. The Balaban J connectivity index is 0.0000208. The molecular formula is C75H130N2Ni. The van der Waals surface area contributed by atoms with Crippen LogP contribution in [0.25, 0.3) is 16.9 Å². The molecule has 0 saturated heterocycles. The molecule has 0 atom stereocenters. The van der Waals surface area contributed by atoms with Gasteiger partial charge in [0.1, 0.15) is 0 Å². The van der Waals surface area contributed by atoms with Gasteiger partial charge < -0.3 is 5.53 Å². The minimum Gasteiger partial charge on any atom is -0.493 e. The molecule has 1 aliphatic rings. The summed E-state index contributed by atoms with van der Waals surface area (Å²) in [6.07, 6.45) is 76.2. The number of hydrogen-bond acceptors (Lipinski definition) is 0. The van der Waals surface area contributed by atoms with Gasteiger partial charge in [-0.2, -0.15) is 0 Å². The summed E-state index contributed by atoms with van der Waals surface area (Å²) in [4.78, 5) is 0. The molecule has 450 valence electrons. The predicted octanol–water partition coefficient (Wildman–Crippen LogP) is 26.7. The Labute approximate surface area is 498 Å². The van der Waals surface area contributed by atoms with Crippen molar-refractivity contribution in [2.75, 3.05) is 0 Å². The fraction of sp³-hybridized carbons (Fsp3) is 0.787. The topological polar surface area (TPSA) is 25.3 Å². The minimum atomic E-state index is 0. The fourth-order valence-electron chi connectivity index (χ4n) is 12.6. The van der Waals surface area contributed by atoms with Gasteiger partial charge in [0.05, 0.1) is 0 Å². The Hall–Kier alpha value is -1.99. The van der Waals surface area contributed by atoms with Crippen molar-refractivity contribution in [3.05, 3.63) is 87.5 Å². The average Bonchev–Trinajstić information content (AvgIpc) is 3.85. The third-order valence-electron chi connectivity index (χ3n) is 17.8. The first kappa shape index (κ1) is 72.1. The minimum absolute atomic E-state index is 0. The van der Waals surface area contributed by atoms with Crippen molar-refractivity contribution in [3.8, 4) is 0 Å². The van der Waals surface area contributed by atoms with E-state index in [0.29, 0.717) is 0 Å². The summed E-state index contributed by atoms with van der Waals surface area (Å²) >= 11 is 0. The smallest absolute Gasteiger partial charge is 0.211 e. The molecule has 2 aromatic carbocycles. The molecule has 1 aliphatic heterocycles. The van der Waals surface area contributed by atoms with E-state index in [2.05, 4.69) is 76.2 Å². The van der Waals surface area contributed by atoms with E-state index in [-0.39, 0.29) is 16.5 Å². The van der Waals surface area contributed by atoms with Gasteiger partial charge in [0, 0.05) is 38.8 Å². The average molecular weight is 1120 g/mol. The van der Waals surface area contributed by atoms with Gasteiger partial charge in [-0.3, -0.25) is 0 Å². The maximum atomic E-state index is 12.2. The molecule has 0 radical (unpaired) electrons. The summed E-state index contributed by atoms with van der Waals surface area (Å²) in [6, 6.07) is 18.6. The second-order valence-electron chi connectivity index (χ2n) is 25.0. The number of allylic oxidation sites excluding steroid dienone is 2. The van der Waals surface area contributed by atoms with Crippen molar-refractivity contribution in [1.82, 2.24) is 0 Å². The standard InChI is InChI=1S/C75H130N2.Ni/c1-5-9-13-15-17-19-21-23-25-27-29-31-33-35-37-39-41-43-45-47-49-51-54-56-68-60-64-70(65-61-68)74-72(58-12-8-4)73(59-53-11-7-3)75(77(74)76)71-66-62-69(63-67-71)57-55-52-50-48-46-44-42-40-38-36-34-32-30-28-26-24-22-20-18-16-14-10-6-2;/h60-67H,5-59H2,1-4H3;. The summed E-state index contributed by atoms with van der Waals surface area (Å²) in [5, 5.41) is 0. The maximum Gasteiger partial charge on any atom is 0.211 e. The number of nitrogens with zero attached hydrogens (tertiary/aromatic N) is 2. The molecule has 0 saturated carbocycles. The number of rotatable bonds is 57. The molecule has 0 aliphatic carbocycles. The van der Waals surface area contributed by atoms with E-state index >= 15 is 0 Å². The van der Waals surface area contributed by atoms with Crippen LogP contribution in [0.4, 0.5) is 0 Å². The molecule has 3 heteroatoms. The molecule has 3 rings (SSSR count). The van der Waals surface area contributed by atoms with E-state index in [1.165, 1.54) is 337 Å². The zero-order chi connectivity index (χ0) is 54.7. The van der Waals surface area contributed by atoms with Crippen LogP contribution in [-0.2, 0) is 29.3 Å². The SMILES string of the molecule is CCCCCCCCCCCCCCCCCCCCCCCCCc1ccc(C2=C(CCCC)C(CCCCC)=C(c3ccc(CCCCCCCCCCCCCCCCCCCCCCCCC)cc3)[N+]2=[N-])cc1.[Ni]. The number of benzene rings is 2. The van der Waals surface area contributed by atoms with Gasteiger partial charge in [0.2, 0.25) is 11.4 Å². The van der Waals surface area contributed by atoms with Crippen LogP contribution < -0.4 is 0 Å². The van der Waals surface area contributed by atoms with Gasteiger partial charge in [0.15, 0.2) is 0 Å². The Morgan fingerprint density at radius 1 is 0.231 bits per heavy atom. The van der Waals surface area contributed by atoms with E-state index < -0.39 is 0 Å². The third-order valence-corrected chi connectivity index (χ3v) is 17.8. The Bertz CT molecular complexity index is 1700. The van der Waals surface area contributed by atoms with Gasteiger partial charge in [-0.05, 0) is 86.8 Å². The normalized spacial score (nSPS) is 12.7. The second kappa shape index (κ2) is 53.0. The Morgan fingerprint density at radius 2 is 0.410 bits per heavy atom. The molecule has 78 heavy (non-hydrogen) atoms. The summed E-state index contributed by atoms with van der Waals surface area (Å²) in [6.45, 7) is 9.22. The monoisotopic (exact) mass is 1120 g/mol. The molecule has 0 fully saturated rings. The summed E-state index contributed by atoms with van der Waals surface area (Å²) in [5.74, 6) is 0. The van der Waals surface area contributed by atoms with Crippen LogP contribution >= 0.6 is 0 Å². The molecule has 0 aromatic heterocycles. The van der Waals surface area contributed by atoms with Gasteiger partial charge in [-0.1, -0.05) is 354 Å². The summed E-state index contributed by atoms with van der Waals surface area (Å²) in [7, 11) is 0. The van der Waals surface area contributed by atoms with E-state index in [1.807, 2.05) is 0 Å². The molecular weight excluding hydrogens is 988 g/mol. The zero-order valence-corrected chi connectivity index (χ0v) is 53.7. The van der Waals surface area contributed by atoms with Crippen molar-refractivity contribution >= 4 is 11.4 Å². The first-order valence-electron chi connectivity index (χ1n) is 35.3. The van der Waals surface area contributed by atoms with Crippen LogP contribution in [-0.4, -0.2) is 4.70 Å². The van der Waals surface area contributed by atoms with E-state index in [1.54, 1.807) is 4.70 Å². The molecule has 0 unspecified atom stereocenters. The quantitative estimate of drug-likeness (QED) is 0.0358. The fourth-order valence-corrected chi connectivity index (χ4v) is 12.6. The van der Waals surface area contributed by atoms with Crippen molar-refractivity contribution in [2.45, 2.75) is 381 Å². The number of hydrogen-bond donors (Lipinski definition) is 0. The summed E-state index contributed by atoms with van der Waals surface area (Å²) < 4.78 is 1.59. The Kier molecular flexibility index (Phi) is 49.0. The van der Waals surface area contributed by atoms with E-state index in [0.717, 1.165) is 61.0 Å². The zero-order valence-electron chi connectivity index (χ0n) is 52.7. The van der Waals surface area contributed by atoms with Crippen LogP contribution in [0, 0.1) is 0 Å². The maximum absolute atomic E-state index is 12.2. The molecule has 2 aromatic rings. The van der Waals surface area contributed by atoms with Crippen molar-refractivity contribution in [3.63, 3.8) is 0 Å². The van der Waals surface area contributed by atoms with Crippen LogP contribution in [0.3, 0.4) is 0 Å². The first-order valence-corrected chi connectivity index (χ1v) is 35.3. The van der Waals surface area contributed by atoms with Crippen molar-refractivity contribution in [1.29, 1.82) is 0 Å². The number of aryl methyl sites for hydroxylation is 2. The second-order valence-corrected chi connectivity index (χ2v) is 25.0. The van der Waals surface area contributed by atoms with Gasteiger partial charge in [-0.15, -0.1) is 0 Å². The number of unbranched alkanes of at least 4 members (excludes halogenated alkanes) is 47.